The minimum atomic E-state index is 0.485. The number of nitrogen functional groups attached to an aromatic ring is 1. The van der Waals surface area contributed by atoms with E-state index in [1.54, 1.807) is 18.7 Å². The second-order valence-electron chi connectivity index (χ2n) is 4.91. The zero-order valence-electron chi connectivity index (χ0n) is 13.4. The predicted molar refractivity (Wildman–Crippen MR) is 95.8 cm³/mol. The lowest BCUT2D eigenvalue weighted by atomic mass is 10.2. The summed E-state index contributed by atoms with van der Waals surface area (Å²) in [7, 11) is 1.63. The van der Waals surface area contributed by atoms with E-state index in [0.717, 1.165) is 17.7 Å². The summed E-state index contributed by atoms with van der Waals surface area (Å²) in [4.78, 5) is 4.07. The molecule has 0 saturated heterocycles. The summed E-state index contributed by atoms with van der Waals surface area (Å²) in [6.07, 6.45) is 5.08. The highest BCUT2D eigenvalue weighted by Gasteiger charge is 2.05. The number of hydrogen-bond acceptors (Lipinski definition) is 7. The van der Waals surface area contributed by atoms with Crippen LogP contribution in [0, 0.1) is 0 Å². The van der Waals surface area contributed by atoms with Gasteiger partial charge in [0.05, 0.1) is 19.9 Å². The first-order valence-corrected chi connectivity index (χ1v) is 8.41. The van der Waals surface area contributed by atoms with Gasteiger partial charge in [0.15, 0.2) is 11.5 Å². The van der Waals surface area contributed by atoms with Crippen LogP contribution in [0.4, 0.5) is 10.9 Å². The Hall–Kier alpha value is -2.28. The topological polar surface area (TPSA) is 81.8 Å². The number of aromatic nitrogens is 1. The van der Waals surface area contributed by atoms with Gasteiger partial charge in [0.1, 0.15) is 5.82 Å². The van der Waals surface area contributed by atoms with E-state index in [-0.39, 0.29) is 0 Å². The van der Waals surface area contributed by atoms with E-state index in [1.807, 2.05) is 18.2 Å². The smallest absolute Gasteiger partial charge is 0.205 e. The van der Waals surface area contributed by atoms with Crippen molar-refractivity contribution < 1.29 is 9.47 Å². The third-order valence-electron chi connectivity index (χ3n) is 3.09. The van der Waals surface area contributed by atoms with E-state index in [9.17, 15) is 0 Å². The van der Waals surface area contributed by atoms with Gasteiger partial charge in [-0.3, -0.25) is 5.43 Å². The summed E-state index contributed by atoms with van der Waals surface area (Å²) in [5, 5.41) is 6.55. The number of hydrogen-bond donors (Lipinski definition) is 2. The van der Waals surface area contributed by atoms with E-state index >= 15 is 0 Å². The number of nitrogens with one attached hydrogen (secondary N) is 1. The minimum Gasteiger partial charge on any atom is -0.493 e. The van der Waals surface area contributed by atoms with Crippen molar-refractivity contribution in [2.24, 2.45) is 5.10 Å². The van der Waals surface area contributed by atoms with Gasteiger partial charge in [-0.15, -0.1) is 11.3 Å². The van der Waals surface area contributed by atoms with Crippen molar-refractivity contribution >= 4 is 28.5 Å². The summed E-state index contributed by atoms with van der Waals surface area (Å²) in [6, 6.07) is 5.71. The van der Waals surface area contributed by atoms with Gasteiger partial charge in [0.25, 0.3) is 0 Å². The molecule has 1 heterocycles. The van der Waals surface area contributed by atoms with Crippen molar-refractivity contribution in [3.05, 3.63) is 29.1 Å². The quantitative estimate of drug-likeness (QED) is 0.415. The van der Waals surface area contributed by atoms with Gasteiger partial charge in [0.2, 0.25) is 5.13 Å². The number of benzene rings is 1. The number of hydrazone groups is 1. The lowest BCUT2D eigenvalue weighted by Gasteiger charge is -2.11. The van der Waals surface area contributed by atoms with Gasteiger partial charge in [-0.1, -0.05) is 19.8 Å². The molecule has 3 N–H and O–H groups in total. The number of ether oxygens (including phenoxy) is 2. The van der Waals surface area contributed by atoms with Crippen LogP contribution in [-0.2, 0) is 0 Å². The Morgan fingerprint density at radius 2 is 2.22 bits per heavy atom. The molecule has 0 atom stereocenters. The Morgan fingerprint density at radius 1 is 1.35 bits per heavy atom. The van der Waals surface area contributed by atoms with E-state index in [0.29, 0.717) is 23.3 Å². The van der Waals surface area contributed by atoms with Gasteiger partial charge < -0.3 is 15.2 Å². The molecule has 23 heavy (non-hydrogen) atoms. The number of nitrogens with zero attached hydrogens (tertiary/aromatic N) is 2. The highest BCUT2D eigenvalue weighted by atomic mass is 32.1. The zero-order valence-corrected chi connectivity index (χ0v) is 14.2. The summed E-state index contributed by atoms with van der Waals surface area (Å²) >= 11 is 1.40. The maximum atomic E-state index is 5.75. The maximum Gasteiger partial charge on any atom is 0.205 e. The molecule has 0 saturated carbocycles. The Balaban J connectivity index is 1.94. The lowest BCUT2D eigenvalue weighted by Crippen LogP contribution is -2.00. The second-order valence-corrected chi connectivity index (χ2v) is 5.77. The van der Waals surface area contributed by atoms with Gasteiger partial charge in [0, 0.05) is 5.38 Å². The summed E-state index contributed by atoms with van der Waals surface area (Å²) in [6.45, 7) is 2.87. The summed E-state index contributed by atoms with van der Waals surface area (Å²) < 4.78 is 11.1. The normalized spacial score (nSPS) is 10.9. The molecule has 0 bridgehead atoms. The van der Waals surface area contributed by atoms with Crippen LogP contribution in [0.5, 0.6) is 11.5 Å². The Bertz CT molecular complexity index is 643. The fourth-order valence-corrected chi connectivity index (χ4v) is 2.47. The highest BCUT2D eigenvalue weighted by Crippen LogP contribution is 2.27. The third-order valence-corrected chi connectivity index (χ3v) is 3.85. The van der Waals surface area contributed by atoms with Crippen LogP contribution in [-0.4, -0.2) is 24.9 Å². The minimum absolute atomic E-state index is 0.485. The van der Waals surface area contributed by atoms with Crippen LogP contribution in [0.25, 0.3) is 0 Å². The van der Waals surface area contributed by atoms with Crippen LogP contribution >= 0.6 is 11.3 Å². The molecule has 2 rings (SSSR count). The molecule has 0 aliphatic heterocycles. The fraction of sp³-hybridized carbons (Fsp3) is 0.375. The predicted octanol–water partition coefficient (Wildman–Crippen LogP) is 3.75. The van der Waals surface area contributed by atoms with Gasteiger partial charge in [-0.2, -0.15) is 5.10 Å². The van der Waals surface area contributed by atoms with Gasteiger partial charge in [-0.25, -0.2) is 4.98 Å². The SMILES string of the molecule is CCCCCOc1ccc(C=NNc2nc(N)cs2)cc1OC. The van der Waals surface area contributed by atoms with E-state index in [2.05, 4.69) is 22.4 Å². The standard InChI is InChI=1S/C16H22N4O2S/c1-3-4-5-8-22-13-7-6-12(9-14(13)21-2)10-18-20-16-19-15(17)11-23-16/h6-7,9-11H,3-5,8,17H2,1-2H3,(H,19,20). The summed E-state index contributed by atoms with van der Waals surface area (Å²) in [5.41, 5.74) is 9.29. The molecule has 0 aliphatic rings. The van der Waals surface area contributed by atoms with Crippen molar-refractivity contribution in [3.63, 3.8) is 0 Å². The molecular formula is C16H22N4O2S. The average molecular weight is 334 g/mol. The molecule has 6 nitrogen and oxygen atoms in total. The van der Waals surface area contributed by atoms with Crippen LogP contribution in [0.3, 0.4) is 0 Å². The first kappa shape index (κ1) is 17.1. The fourth-order valence-electron chi connectivity index (χ4n) is 1.92. The molecule has 0 unspecified atom stereocenters. The van der Waals surface area contributed by atoms with Gasteiger partial charge >= 0.3 is 0 Å². The number of methoxy groups -OCH3 is 1. The average Bonchev–Trinajstić information content (AvgIpc) is 2.97. The second kappa shape index (κ2) is 8.99. The lowest BCUT2D eigenvalue weighted by molar-refractivity contribution is 0.286. The Morgan fingerprint density at radius 3 is 2.91 bits per heavy atom. The van der Waals surface area contributed by atoms with E-state index in [1.165, 1.54) is 24.2 Å². The monoisotopic (exact) mass is 334 g/mol. The molecule has 1 aromatic carbocycles. The molecule has 2 aromatic rings. The molecule has 0 radical (unpaired) electrons. The maximum absolute atomic E-state index is 5.75. The van der Waals surface area contributed by atoms with Gasteiger partial charge in [-0.05, 0) is 30.2 Å². The number of anilines is 2. The molecule has 0 spiro atoms. The first-order valence-electron chi connectivity index (χ1n) is 7.54. The molecule has 0 fully saturated rings. The Labute approximate surface area is 140 Å². The summed E-state index contributed by atoms with van der Waals surface area (Å²) in [5.74, 6) is 1.93. The third kappa shape index (κ3) is 5.45. The first-order chi connectivity index (χ1) is 11.2. The van der Waals surface area contributed by atoms with E-state index < -0.39 is 0 Å². The van der Waals surface area contributed by atoms with Crippen molar-refractivity contribution in [2.75, 3.05) is 24.9 Å². The zero-order chi connectivity index (χ0) is 16.5. The van der Waals surface area contributed by atoms with Crippen LogP contribution < -0.4 is 20.6 Å². The van der Waals surface area contributed by atoms with E-state index in [4.69, 9.17) is 15.2 Å². The number of unbranched alkanes of at least 4 members (excludes halogenated alkanes) is 2. The van der Waals surface area contributed by atoms with Crippen molar-refractivity contribution in [1.82, 2.24) is 4.98 Å². The number of thiazole rings is 1. The molecule has 7 heteroatoms. The number of rotatable bonds is 9. The van der Waals surface area contributed by atoms with Crippen molar-refractivity contribution in [2.45, 2.75) is 26.2 Å². The van der Waals surface area contributed by atoms with Crippen LogP contribution in [0.2, 0.25) is 0 Å². The molecule has 1 aromatic heterocycles. The molecule has 124 valence electrons. The Kier molecular flexibility index (Phi) is 6.68. The van der Waals surface area contributed by atoms with Crippen molar-refractivity contribution in [1.29, 1.82) is 0 Å². The van der Waals surface area contributed by atoms with Crippen LogP contribution in [0.1, 0.15) is 31.7 Å². The van der Waals surface area contributed by atoms with Crippen molar-refractivity contribution in [3.8, 4) is 11.5 Å². The van der Waals surface area contributed by atoms with Crippen LogP contribution in [0.15, 0.2) is 28.7 Å². The molecule has 0 aliphatic carbocycles. The largest absolute Gasteiger partial charge is 0.493 e. The number of nitrogens with two attached hydrogens (primary N) is 1. The molecular weight excluding hydrogens is 312 g/mol. The molecule has 0 amide bonds. The highest BCUT2D eigenvalue weighted by molar-refractivity contribution is 7.14.